The topological polar surface area (TPSA) is 69.3 Å². The number of thiocarbonyl (C=S) groups is 1. The molecule has 1 amide bonds. The molecule has 31 heavy (non-hydrogen) atoms. The van der Waals surface area contributed by atoms with E-state index in [0.29, 0.717) is 39.7 Å². The number of carbonyl (C=O) groups excluding carboxylic acids is 1. The summed E-state index contributed by atoms with van der Waals surface area (Å²) in [6.07, 6.45) is 4.59. The van der Waals surface area contributed by atoms with Gasteiger partial charge in [-0.2, -0.15) is 5.26 Å². The molecule has 2 aliphatic rings. The first-order chi connectivity index (χ1) is 14.7. The van der Waals surface area contributed by atoms with Crippen LogP contribution < -0.4 is 10.5 Å². The monoisotopic (exact) mass is 456 g/mol. The fourth-order valence-electron chi connectivity index (χ4n) is 4.53. The van der Waals surface area contributed by atoms with Crippen molar-refractivity contribution in [1.29, 1.82) is 5.26 Å². The number of nitriles is 1. The molecule has 1 aromatic rings. The number of rotatable bonds is 5. The van der Waals surface area contributed by atoms with Gasteiger partial charge in [0.2, 0.25) is 0 Å². The summed E-state index contributed by atoms with van der Waals surface area (Å²) >= 11 is 6.62. The lowest BCUT2D eigenvalue weighted by Gasteiger charge is -2.38. The van der Waals surface area contributed by atoms with Crippen LogP contribution >= 0.6 is 24.0 Å². The fourth-order valence-corrected chi connectivity index (χ4v) is 5.79. The molecule has 0 saturated carbocycles. The molecule has 8 heteroatoms. The Morgan fingerprint density at radius 2 is 1.94 bits per heavy atom. The van der Waals surface area contributed by atoms with Crippen molar-refractivity contribution in [3.8, 4) is 6.07 Å². The predicted octanol–water partition coefficient (Wildman–Crippen LogP) is 3.92. The van der Waals surface area contributed by atoms with Crippen molar-refractivity contribution in [3.05, 3.63) is 44.6 Å². The SMILES string of the molecule is C=CCN1C(=O)/C(=C/c2c(C)c(C#N)c(=O)n(CC)c2N2CC(C)CC(C)C2)SC1=S. The fraction of sp³-hybridized carbons (Fsp3) is 0.478. The highest BCUT2D eigenvalue weighted by Crippen LogP contribution is 2.37. The maximum atomic E-state index is 13.1. The van der Waals surface area contributed by atoms with Gasteiger partial charge in [-0.15, -0.1) is 6.58 Å². The number of pyridine rings is 1. The van der Waals surface area contributed by atoms with Crippen LogP contribution in [0.4, 0.5) is 5.82 Å². The molecule has 1 aromatic heterocycles. The molecule has 0 aliphatic carbocycles. The molecular weight excluding hydrogens is 428 g/mol. The van der Waals surface area contributed by atoms with Crippen molar-refractivity contribution < 1.29 is 4.79 Å². The van der Waals surface area contributed by atoms with Crippen LogP contribution in [0.25, 0.3) is 6.08 Å². The molecule has 2 atom stereocenters. The number of piperidine rings is 1. The third-order valence-corrected chi connectivity index (χ3v) is 7.17. The molecule has 0 spiro atoms. The summed E-state index contributed by atoms with van der Waals surface area (Å²) in [6.45, 7) is 14.3. The molecule has 0 aromatic carbocycles. The molecule has 0 radical (unpaired) electrons. The lowest BCUT2D eigenvalue weighted by Crippen LogP contribution is -2.42. The number of nitrogens with zero attached hydrogens (tertiary/aromatic N) is 4. The average molecular weight is 457 g/mol. The first-order valence-electron chi connectivity index (χ1n) is 10.5. The van der Waals surface area contributed by atoms with E-state index in [1.165, 1.54) is 16.7 Å². The Morgan fingerprint density at radius 3 is 2.48 bits per heavy atom. The van der Waals surface area contributed by atoms with Crippen molar-refractivity contribution in [2.24, 2.45) is 11.8 Å². The lowest BCUT2D eigenvalue weighted by atomic mass is 9.91. The summed E-state index contributed by atoms with van der Waals surface area (Å²) in [5.74, 6) is 1.59. The number of carbonyl (C=O) groups is 1. The zero-order chi connectivity index (χ0) is 22.9. The molecule has 2 aliphatic heterocycles. The van der Waals surface area contributed by atoms with Crippen LogP contribution in [0.1, 0.15) is 43.9 Å². The molecule has 6 nitrogen and oxygen atoms in total. The van der Waals surface area contributed by atoms with Crippen LogP contribution in [0.3, 0.4) is 0 Å². The summed E-state index contributed by atoms with van der Waals surface area (Å²) in [5, 5.41) is 9.69. The van der Waals surface area contributed by atoms with E-state index in [1.54, 1.807) is 17.6 Å². The maximum Gasteiger partial charge on any atom is 0.270 e. The minimum Gasteiger partial charge on any atom is -0.357 e. The number of anilines is 1. The van der Waals surface area contributed by atoms with Crippen LogP contribution in [0, 0.1) is 30.1 Å². The van der Waals surface area contributed by atoms with Crippen molar-refractivity contribution >= 4 is 46.1 Å². The predicted molar refractivity (Wildman–Crippen MR) is 131 cm³/mol. The summed E-state index contributed by atoms with van der Waals surface area (Å²) < 4.78 is 2.16. The van der Waals surface area contributed by atoms with Gasteiger partial charge in [-0.3, -0.25) is 19.1 Å². The molecule has 2 fully saturated rings. The van der Waals surface area contributed by atoms with E-state index in [1.807, 2.05) is 13.0 Å². The number of hydrogen-bond donors (Lipinski definition) is 0. The molecule has 0 bridgehead atoms. The highest BCUT2D eigenvalue weighted by molar-refractivity contribution is 8.26. The molecule has 0 N–H and O–H groups in total. The molecular formula is C23H28N4O2S2. The van der Waals surface area contributed by atoms with Crippen molar-refractivity contribution in [3.63, 3.8) is 0 Å². The smallest absolute Gasteiger partial charge is 0.270 e. The maximum absolute atomic E-state index is 13.1. The van der Waals surface area contributed by atoms with E-state index in [0.717, 1.165) is 30.9 Å². The number of amides is 1. The van der Waals surface area contributed by atoms with E-state index in [2.05, 4.69) is 31.4 Å². The van der Waals surface area contributed by atoms with Gasteiger partial charge >= 0.3 is 0 Å². The standard InChI is InChI=1S/C23H28N4O2S2/c1-6-8-27-22(29)19(31-23(27)30)10-17-16(5)18(11-24)21(28)26(7-2)20(17)25-12-14(3)9-15(4)13-25/h6,10,14-15H,1,7-9,12-13H2,2-5H3/b19-10-. The first-order valence-corrected chi connectivity index (χ1v) is 11.7. The van der Waals surface area contributed by atoms with Gasteiger partial charge in [0, 0.05) is 31.7 Å². The molecule has 3 rings (SSSR count). The van der Waals surface area contributed by atoms with E-state index in [4.69, 9.17) is 12.2 Å². The van der Waals surface area contributed by atoms with Crippen molar-refractivity contribution in [2.75, 3.05) is 24.5 Å². The second kappa shape index (κ2) is 9.41. The normalized spacial score (nSPS) is 22.9. The number of aromatic nitrogens is 1. The van der Waals surface area contributed by atoms with Crippen LogP contribution in [-0.2, 0) is 11.3 Å². The second-order valence-corrected chi connectivity index (χ2v) is 10.0. The highest BCUT2D eigenvalue weighted by atomic mass is 32.2. The summed E-state index contributed by atoms with van der Waals surface area (Å²) in [7, 11) is 0. The van der Waals surface area contributed by atoms with Gasteiger partial charge in [-0.25, -0.2) is 0 Å². The Labute approximate surface area is 193 Å². The second-order valence-electron chi connectivity index (χ2n) is 8.33. The summed E-state index contributed by atoms with van der Waals surface area (Å²) in [6, 6.07) is 2.08. The van der Waals surface area contributed by atoms with Crippen LogP contribution in [0.2, 0.25) is 0 Å². The van der Waals surface area contributed by atoms with Gasteiger partial charge in [0.15, 0.2) is 0 Å². The number of hydrogen-bond acceptors (Lipinski definition) is 6. The zero-order valence-corrected chi connectivity index (χ0v) is 20.1. The first kappa shape index (κ1) is 23.3. The van der Waals surface area contributed by atoms with Crippen LogP contribution in [0.5, 0.6) is 0 Å². The highest BCUT2D eigenvalue weighted by Gasteiger charge is 2.33. The molecule has 2 unspecified atom stereocenters. The molecule has 164 valence electrons. The van der Waals surface area contributed by atoms with E-state index < -0.39 is 0 Å². The van der Waals surface area contributed by atoms with E-state index >= 15 is 0 Å². The van der Waals surface area contributed by atoms with Crippen molar-refractivity contribution in [2.45, 2.75) is 40.7 Å². The van der Waals surface area contributed by atoms with Crippen LogP contribution in [0.15, 0.2) is 22.4 Å². The van der Waals surface area contributed by atoms with Crippen LogP contribution in [-0.4, -0.2) is 39.3 Å². The third kappa shape index (κ3) is 4.35. The minimum atomic E-state index is -0.278. The van der Waals surface area contributed by atoms with Gasteiger partial charge in [-0.1, -0.05) is 43.9 Å². The Kier molecular flexibility index (Phi) is 7.07. The summed E-state index contributed by atoms with van der Waals surface area (Å²) in [4.78, 5) is 30.3. The van der Waals surface area contributed by atoms with Gasteiger partial charge < -0.3 is 4.90 Å². The summed E-state index contributed by atoms with van der Waals surface area (Å²) in [5.41, 5.74) is 1.20. The Morgan fingerprint density at radius 1 is 1.29 bits per heavy atom. The largest absolute Gasteiger partial charge is 0.357 e. The lowest BCUT2D eigenvalue weighted by molar-refractivity contribution is -0.121. The minimum absolute atomic E-state index is 0.122. The Bertz CT molecular complexity index is 1060. The number of thioether (sulfide) groups is 1. The quantitative estimate of drug-likeness (QED) is 0.380. The Balaban J connectivity index is 2.25. The van der Waals surface area contributed by atoms with Gasteiger partial charge in [-0.05, 0) is 43.7 Å². The van der Waals surface area contributed by atoms with E-state index in [9.17, 15) is 14.9 Å². The van der Waals surface area contributed by atoms with E-state index in [-0.39, 0.29) is 17.0 Å². The molecule has 3 heterocycles. The van der Waals surface area contributed by atoms with Gasteiger partial charge in [0.05, 0.1) is 4.91 Å². The third-order valence-electron chi connectivity index (χ3n) is 5.79. The Hall–Kier alpha value is -2.37. The average Bonchev–Trinajstić information content (AvgIpc) is 2.97. The molecule has 2 saturated heterocycles. The van der Waals surface area contributed by atoms with Gasteiger partial charge in [0.1, 0.15) is 21.8 Å². The zero-order valence-electron chi connectivity index (χ0n) is 18.5. The van der Waals surface area contributed by atoms with Gasteiger partial charge in [0.25, 0.3) is 11.5 Å². The van der Waals surface area contributed by atoms with Crippen molar-refractivity contribution in [1.82, 2.24) is 9.47 Å².